The lowest BCUT2D eigenvalue weighted by molar-refractivity contribution is -0.385. The van der Waals surface area contributed by atoms with Crippen LogP contribution >= 0.6 is 0 Å². The molecule has 0 aliphatic rings. The molecule has 0 saturated carbocycles. The molecule has 0 heterocycles. The molecular weight excluding hydrogens is 258 g/mol. The first kappa shape index (κ1) is 13.4. The molecule has 2 aromatic carbocycles. The van der Waals surface area contributed by atoms with Gasteiger partial charge in [-0.15, -0.1) is 0 Å². The van der Waals surface area contributed by atoms with Crippen LogP contribution in [0.2, 0.25) is 0 Å². The summed E-state index contributed by atoms with van der Waals surface area (Å²) in [5.74, 6) is -0.778. The minimum absolute atomic E-state index is 0.0711. The smallest absolute Gasteiger partial charge is 0.282 e. The number of amidine groups is 1. The zero-order chi connectivity index (χ0) is 14.5. The number of benzene rings is 2. The molecule has 6 heteroatoms. The second-order valence-electron chi connectivity index (χ2n) is 3.97. The Balaban J connectivity index is 2.21. The van der Waals surface area contributed by atoms with Gasteiger partial charge in [-0.1, -0.05) is 42.5 Å². The minimum atomic E-state index is -0.675. The number of amides is 1. The first-order chi connectivity index (χ1) is 9.59. The lowest BCUT2D eigenvalue weighted by atomic mass is 10.1. The number of hydrogen-bond acceptors (Lipinski definition) is 4. The molecule has 0 fully saturated rings. The first-order valence-electron chi connectivity index (χ1n) is 5.78. The Bertz CT molecular complexity index is 668. The van der Waals surface area contributed by atoms with Gasteiger partial charge >= 0.3 is 0 Å². The molecule has 0 radical (unpaired) electrons. The van der Waals surface area contributed by atoms with Gasteiger partial charge in [0.05, 0.1) is 4.92 Å². The first-order valence-corrected chi connectivity index (χ1v) is 5.78. The van der Waals surface area contributed by atoms with Crippen molar-refractivity contribution in [1.29, 1.82) is 5.41 Å². The molecule has 0 aromatic heterocycles. The quantitative estimate of drug-likeness (QED) is 0.387. The highest BCUT2D eigenvalue weighted by Gasteiger charge is 2.20. The van der Waals surface area contributed by atoms with E-state index in [2.05, 4.69) is 5.32 Å². The van der Waals surface area contributed by atoms with E-state index in [4.69, 9.17) is 5.41 Å². The van der Waals surface area contributed by atoms with E-state index >= 15 is 0 Å². The van der Waals surface area contributed by atoms with Crippen molar-refractivity contribution in [2.75, 3.05) is 0 Å². The fraction of sp³-hybridized carbons (Fsp3) is 0. The SMILES string of the molecule is N=C(NC(=O)c1ccccc1[N+](=O)[O-])c1ccccc1. The molecule has 20 heavy (non-hydrogen) atoms. The fourth-order valence-electron chi connectivity index (χ4n) is 1.68. The van der Waals surface area contributed by atoms with Crippen molar-refractivity contribution < 1.29 is 9.72 Å². The van der Waals surface area contributed by atoms with Crippen LogP contribution < -0.4 is 5.32 Å². The van der Waals surface area contributed by atoms with Gasteiger partial charge in [0.25, 0.3) is 11.6 Å². The Kier molecular flexibility index (Phi) is 3.85. The van der Waals surface area contributed by atoms with E-state index in [1.165, 1.54) is 24.3 Å². The summed E-state index contributed by atoms with van der Waals surface area (Å²) in [6, 6.07) is 14.2. The van der Waals surface area contributed by atoms with Gasteiger partial charge in [-0.25, -0.2) is 0 Å². The van der Waals surface area contributed by atoms with Gasteiger partial charge in [0.15, 0.2) is 0 Å². The molecule has 2 aromatic rings. The largest absolute Gasteiger partial charge is 0.306 e. The topological polar surface area (TPSA) is 96.1 Å². The average molecular weight is 269 g/mol. The Hall–Kier alpha value is -3.02. The average Bonchev–Trinajstić information content (AvgIpc) is 2.48. The Morgan fingerprint density at radius 1 is 1.05 bits per heavy atom. The van der Waals surface area contributed by atoms with E-state index in [1.807, 2.05) is 0 Å². The summed E-state index contributed by atoms with van der Waals surface area (Å²) in [6.07, 6.45) is 0. The van der Waals surface area contributed by atoms with Crippen LogP contribution in [0, 0.1) is 15.5 Å². The van der Waals surface area contributed by atoms with Crippen molar-refractivity contribution >= 4 is 17.4 Å². The Labute approximate surface area is 114 Å². The molecule has 1 amide bonds. The number of nitro benzene ring substituents is 1. The predicted molar refractivity (Wildman–Crippen MR) is 73.8 cm³/mol. The third-order valence-electron chi connectivity index (χ3n) is 2.65. The molecule has 2 rings (SSSR count). The third-order valence-corrected chi connectivity index (χ3v) is 2.65. The van der Waals surface area contributed by atoms with E-state index in [1.54, 1.807) is 30.3 Å². The molecule has 0 aliphatic carbocycles. The molecule has 2 N–H and O–H groups in total. The molecule has 100 valence electrons. The summed E-state index contributed by atoms with van der Waals surface area (Å²) in [5.41, 5.74) is 0.170. The molecule has 0 aliphatic heterocycles. The summed E-state index contributed by atoms with van der Waals surface area (Å²) in [4.78, 5) is 22.2. The maximum absolute atomic E-state index is 12.0. The molecule has 0 spiro atoms. The highest BCUT2D eigenvalue weighted by molar-refractivity contribution is 6.12. The summed E-state index contributed by atoms with van der Waals surface area (Å²) in [5, 5.41) is 21.0. The molecule has 0 atom stereocenters. The minimum Gasteiger partial charge on any atom is -0.306 e. The van der Waals surface area contributed by atoms with Crippen LogP contribution in [-0.4, -0.2) is 16.7 Å². The van der Waals surface area contributed by atoms with Gasteiger partial charge in [0, 0.05) is 11.6 Å². The standard InChI is InChI=1S/C14H11N3O3/c15-13(10-6-2-1-3-7-10)16-14(18)11-8-4-5-9-12(11)17(19)20/h1-9H,(H2,15,16,18). The number of nitro groups is 1. The van der Waals surface area contributed by atoms with Crippen LogP contribution in [0.25, 0.3) is 0 Å². The number of nitrogens with one attached hydrogen (secondary N) is 2. The predicted octanol–water partition coefficient (Wildman–Crippen LogP) is 2.35. The second kappa shape index (κ2) is 5.75. The number of carbonyl (C=O) groups is 1. The number of para-hydroxylation sites is 1. The van der Waals surface area contributed by atoms with E-state index in [0.717, 1.165) is 0 Å². The van der Waals surface area contributed by atoms with Crippen molar-refractivity contribution in [2.24, 2.45) is 0 Å². The van der Waals surface area contributed by atoms with Gasteiger partial charge in [0.1, 0.15) is 11.4 Å². The summed E-state index contributed by atoms with van der Waals surface area (Å²) in [6.45, 7) is 0. The van der Waals surface area contributed by atoms with Crippen molar-refractivity contribution in [3.05, 3.63) is 75.8 Å². The summed E-state index contributed by atoms with van der Waals surface area (Å²) in [7, 11) is 0. The van der Waals surface area contributed by atoms with Crippen molar-refractivity contribution in [3.8, 4) is 0 Å². The maximum atomic E-state index is 12.0. The molecular formula is C14H11N3O3. The monoisotopic (exact) mass is 269 g/mol. The Morgan fingerprint density at radius 3 is 2.30 bits per heavy atom. The van der Waals surface area contributed by atoms with Crippen LogP contribution in [0.5, 0.6) is 0 Å². The van der Waals surface area contributed by atoms with Crippen LogP contribution in [0.4, 0.5) is 5.69 Å². The van der Waals surface area contributed by atoms with Crippen LogP contribution in [0.15, 0.2) is 54.6 Å². The Morgan fingerprint density at radius 2 is 1.65 bits per heavy atom. The normalized spacial score (nSPS) is 9.80. The van der Waals surface area contributed by atoms with E-state index in [9.17, 15) is 14.9 Å². The zero-order valence-electron chi connectivity index (χ0n) is 10.4. The van der Waals surface area contributed by atoms with Crippen molar-refractivity contribution in [2.45, 2.75) is 0 Å². The summed E-state index contributed by atoms with van der Waals surface area (Å²) >= 11 is 0. The van der Waals surface area contributed by atoms with Gasteiger partial charge in [-0.3, -0.25) is 20.3 Å². The second-order valence-corrected chi connectivity index (χ2v) is 3.97. The highest BCUT2D eigenvalue weighted by Crippen LogP contribution is 2.17. The van der Waals surface area contributed by atoms with Crippen LogP contribution in [-0.2, 0) is 0 Å². The molecule has 0 saturated heterocycles. The maximum Gasteiger partial charge on any atom is 0.282 e. The molecule has 6 nitrogen and oxygen atoms in total. The lowest BCUT2D eigenvalue weighted by Crippen LogP contribution is -2.30. The number of nitrogens with zero attached hydrogens (tertiary/aromatic N) is 1. The molecule has 0 bridgehead atoms. The number of hydrogen-bond donors (Lipinski definition) is 2. The van der Waals surface area contributed by atoms with Gasteiger partial charge < -0.3 is 5.32 Å². The van der Waals surface area contributed by atoms with Gasteiger partial charge in [0.2, 0.25) is 0 Å². The zero-order valence-corrected chi connectivity index (χ0v) is 10.4. The van der Waals surface area contributed by atoms with Crippen molar-refractivity contribution in [3.63, 3.8) is 0 Å². The third kappa shape index (κ3) is 2.86. The van der Waals surface area contributed by atoms with E-state index in [-0.39, 0.29) is 17.1 Å². The van der Waals surface area contributed by atoms with Gasteiger partial charge in [-0.2, -0.15) is 0 Å². The molecule has 0 unspecified atom stereocenters. The number of carbonyl (C=O) groups excluding carboxylic acids is 1. The van der Waals surface area contributed by atoms with Crippen LogP contribution in [0.1, 0.15) is 15.9 Å². The van der Waals surface area contributed by atoms with Crippen LogP contribution in [0.3, 0.4) is 0 Å². The fourth-order valence-corrected chi connectivity index (χ4v) is 1.68. The lowest BCUT2D eigenvalue weighted by Gasteiger charge is -2.07. The van der Waals surface area contributed by atoms with E-state index < -0.39 is 10.8 Å². The highest BCUT2D eigenvalue weighted by atomic mass is 16.6. The summed E-state index contributed by atoms with van der Waals surface area (Å²) < 4.78 is 0. The van der Waals surface area contributed by atoms with Crippen molar-refractivity contribution in [1.82, 2.24) is 5.32 Å². The van der Waals surface area contributed by atoms with Gasteiger partial charge in [-0.05, 0) is 6.07 Å². The number of rotatable bonds is 3. The van der Waals surface area contributed by atoms with E-state index in [0.29, 0.717) is 5.56 Å².